The molecule has 1 saturated heterocycles. The smallest absolute Gasteiger partial charge is 0.270 e. The predicted octanol–water partition coefficient (Wildman–Crippen LogP) is 3.21. The van der Waals surface area contributed by atoms with Gasteiger partial charge in [-0.2, -0.15) is 11.8 Å². The zero-order chi connectivity index (χ0) is 14.9. The lowest BCUT2D eigenvalue weighted by Gasteiger charge is -2.34. The Labute approximate surface area is 126 Å². The van der Waals surface area contributed by atoms with Crippen molar-refractivity contribution in [1.82, 2.24) is 4.90 Å². The lowest BCUT2D eigenvalue weighted by atomic mass is 10.1. The Bertz CT molecular complexity index is 542. The zero-order valence-electron chi connectivity index (χ0n) is 11.2. The molecule has 0 aliphatic carbocycles. The second-order valence-corrected chi connectivity index (χ2v) is 7.18. The van der Waals surface area contributed by atoms with Crippen molar-refractivity contribution in [2.45, 2.75) is 24.3 Å². The van der Waals surface area contributed by atoms with Gasteiger partial charge in [-0.1, -0.05) is 25.4 Å². The molecule has 1 aliphatic heterocycles. The van der Waals surface area contributed by atoms with E-state index >= 15 is 0 Å². The third-order valence-corrected chi connectivity index (χ3v) is 4.65. The van der Waals surface area contributed by atoms with Gasteiger partial charge in [-0.15, -0.1) is 0 Å². The Morgan fingerprint density at radius 1 is 1.40 bits per heavy atom. The lowest BCUT2D eigenvalue weighted by molar-refractivity contribution is -0.384. The highest BCUT2D eigenvalue weighted by Crippen LogP contribution is 2.28. The number of nitro benzene ring substituents is 1. The number of benzene rings is 1. The molecule has 2 unspecified atom stereocenters. The SMILES string of the molecule is CC1CN(C(=O)c2cc([N+](=O)[O-])ccc2Cl)CC(C)S1. The van der Waals surface area contributed by atoms with Crippen molar-refractivity contribution in [3.8, 4) is 0 Å². The molecule has 0 radical (unpaired) electrons. The first-order valence-corrected chi connectivity index (χ1v) is 7.59. The van der Waals surface area contributed by atoms with E-state index in [1.165, 1.54) is 18.2 Å². The second kappa shape index (κ2) is 6.01. The van der Waals surface area contributed by atoms with E-state index in [1.54, 1.807) is 4.90 Å². The first-order chi connectivity index (χ1) is 9.38. The summed E-state index contributed by atoms with van der Waals surface area (Å²) in [5, 5.41) is 11.7. The number of rotatable bonds is 2. The summed E-state index contributed by atoms with van der Waals surface area (Å²) in [5.41, 5.74) is 0.0809. The Balaban J connectivity index is 2.28. The normalized spacial score (nSPS) is 22.6. The minimum atomic E-state index is -0.523. The number of nitro groups is 1. The highest BCUT2D eigenvalue weighted by molar-refractivity contribution is 8.00. The van der Waals surface area contributed by atoms with Crippen LogP contribution in [0.2, 0.25) is 5.02 Å². The van der Waals surface area contributed by atoms with Crippen LogP contribution in [0.4, 0.5) is 5.69 Å². The van der Waals surface area contributed by atoms with Crippen molar-refractivity contribution in [3.63, 3.8) is 0 Å². The van der Waals surface area contributed by atoms with Gasteiger partial charge in [0.15, 0.2) is 0 Å². The fourth-order valence-electron chi connectivity index (χ4n) is 2.30. The number of non-ortho nitro benzene ring substituents is 1. The summed E-state index contributed by atoms with van der Waals surface area (Å²) >= 11 is 7.85. The Kier molecular flexibility index (Phi) is 4.55. The van der Waals surface area contributed by atoms with Gasteiger partial charge in [0.2, 0.25) is 0 Å². The molecule has 1 aromatic rings. The quantitative estimate of drug-likeness (QED) is 0.621. The number of hydrogen-bond donors (Lipinski definition) is 0. The van der Waals surface area contributed by atoms with E-state index in [2.05, 4.69) is 13.8 Å². The molecule has 108 valence electrons. The zero-order valence-corrected chi connectivity index (χ0v) is 12.8. The van der Waals surface area contributed by atoms with E-state index in [4.69, 9.17) is 11.6 Å². The van der Waals surface area contributed by atoms with E-state index < -0.39 is 4.92 Å². The number of nitrogens with zero attached hydrogens (tertiary/aromatic N) is 2. The third-order valence-electron chi connectivity index (χ3n) is 3.10. The summed E-state index contributed by atoms with van der Waals surface area (Å²) in [6.07, 6.45) is 0. The van der Waals surface area contributed by atoms with Crippen molar-refractivity contribution < 1.29 is 9.72 Å². The van der Waals surface area contributed by atoms with Crippen LogP contribution >= 0.6 is 23.4 Å². The van der Waals surface area contributed by atoms with Crippen molar-refractivity contribution in [1.29, 1.82) is 0 Å². The van der Waals surface area contributed by atoms with E-state index in [9.17, 15) is 14.9 Å². The topological polar surface area (TPSA) is 63.5 Å². The predicted molar refractivity (Wildman–Crippen MR) is 80.5 cm³/mol. The molecule has 0 spiro atoms. The van der Waals surface area contributed by atoms with Gasteiger partial charge in [0.1, 0.15) is 0 Å². The number of carbonyl (C=O) groups excluding carboxylic acids is 1. The molecule has 0 bridgehead atoms. The maximum atomic E-state index is 12.5. The third kappa shape index (κ3) is 3.24. The van der Waals surface area contributed by atoms with Gasteiger partial charge in [0.05, 0.1) is 15.5 Å². The summed E-state index contributed by atoms with van der Waals surface area (Å²) in [5.74, 6) is -0.238. The van der Waals surface area contributed by atoms with Crippen molar-refractivity contribution >= 4 is 35.0 Å². The molecule has 20 heavy (non-hydrogen) atoms. The molecular formula is C13H15ClN2O3S. The van der Waals surface area contributed by atoms with Crippen molar-refractivity contribution in [3.05, 3.63) is 38.9 Å². The monoisotopic (exact) mass is 314 g/mol. The first-order valence-electron chi connectivity index (χ1n) is 6.27. The number of hydrogen-bond acceptors (Lipinski definition) is 4. The molecule has 0 saturated carbocycles. The van der Waals surface area contributed by atoms with Gasteiger partial charge < -0.3 is 4.90 Å². The number of carbonyl (C=O) groups is 1. The minimum Gasteiger partial charge on any atom is -0.336 e. The van der Waals surface area contributed by atoms with Crippen LogP contribution in [0, 0.1) is 10.1 Å². The van der Waals surface area contributed by atoms with Gasteiger partial charge >= 0.3 is 0 Å². The molecule has 1 aliphatic rings. The molecule has 2 rings (SSSR count). The fourth-order valence-corrected chi connectivity index (χ4v) is 3.83. The second-order valence-electron chi connectivity index (χ2n) is 4.89. The Morgan fingerprint density at radius 3 is 2.55 bits per heavy atom. The molecule has 5 nitrogen and oxygen atoms in total. The summed E-state index contributed by atoms with van der Waals surface area (Å²) in [7, 11) is 0. The molecule has 2 atom stereocenters. The molecular weight excluding hydrogens is 300 g/mol. The number of thioether (sulfide) groups is 1. The average molecular weight is 315 g/mol. The Hall–Kier alpha value is -1.27. The number of amides is 1. The van der Waals surface area contributed by atoms with Crippen LogP contribution in [0.5, 0.6) is 0 Å². The van der Waals surface area contributed by atoms with Gasteiger partial charge in [0, 0.05) is 35.7 Å². The van der Waals surface area contributed by atoms with Crippen LogP contribution in [-0.2, 0) is 0 Å². The van der Waals surface area contributed by atoms with Crippen LogP contribution < -0.4 is 0 Å². The van der Waals surface area contributed by atoms with Crippen LogP contribution in [0.1, 0.15) is 24.2 Å². The van der Waals surface area contributed by atoms with E-state index in [1.807, 2.05) is 11.8 Å². The highest BCUT2D eigenvalue weighted by atomic mass is 35.5. The molecule has 1 heterocycles. The standard InChI is InChI=1S/C13H15ClN2O3S/c1-8-6-15(7-9(2)20-8)13(17)11-5-10(16(18)19)3-4-12(11)14/h3-5,8-9H,6-7H2,1-2H3. The van der Waals surface area contributed by atoms with Gasteiger partial charge in [-0.25, -0.2) is 0 Å². The van der Waals surface area contributed by atoms with Crippen LogP contribution in [0.15, 0.2) is 18.2 Å². The molecule has 1 fully saturated rings. The molecule has 0 N–H and O–H groups in total. The number of halogens is 1. The molecule has 1 amide bonds. The first kappa shape index (κ1) is 15.1. The summed E-state index contributed by atoms with van der Waals surface area (Å²) in [6.45, 7) is 5.39. The van der Waals surface area contributed by atoms with Gasteiger partial charge in [0.25, 0.3) is 11.6 Å². The highest BCUT2D eigenvalue weighted by Gasteiger charge is 2.28. The van der Waals surface area contributed by atoms with Crippen LogP contribution in [0.3, 0.4) is 0 Å². The average Bonchev–Trinajstić information content (AvgIpc) is 2.37. The van der Waals surface area contributed by atoms with Crippen LogP contribution in [-0.4, -0.2) is 39.3 Å². The maximum Gasteiger partial charge on any atom is 0.270 e. The Morgan fingerprint density at radius 2 is 2.00 bits per heavy atom. The van der Waals surface area contributed by atoms with Crippen molar-refractivity contribution in [2.75, 3.05) is 13.1 Å². The van der Waals surface area contributed by atoms with E-state index in [0.29, 0.717) is 23.6 Å². The van der Waals surface area contributed by atoms with Crippen molar-refractivity contribution in [2.24, 2.45) is 0 Å². The summed E-state index contributed by atoms with van der Waals surface area (Å²) in [6, 6.07) is 3.96. The summed E-state index contributed by atoms with van der Waals surface area (Å²) < 4.78 is 0. The maximum absolute atomic E-state index is 12.5. The van der Waals surface area contributed by atoms with E-state index in [-0.39, 0.29) is 22.2 Å². The fraction of sp³-hybridized carbons (Fsp3) is 0.462. The minimum absolute atomic E-state index is 0.120. The summed E-state index contributed by atoms with van der Waals surface area (Å²) in [4.78, 5) is 24.5. The largest absolute Gasteiger partial charge is 0.336 e. The van der Waals surface area contributed by atoms with Gasteiger partial charge in [-0.05, 0) is 6.07 Å². The molecule has 7 heteroatoms. The van der Waals surface area contributed by atoms with Gasteiger partial charge in [-0.3, -0.25) is 14.9 Å². The lowest BCUT2D eigenvalue weighted by Crippen LogP contribution is -2.44. The van der Waals surface area contributed by atoms with Crippen LogP contribution in [0.25, 0.3) is 0 Å². The molecule has 1 aromatic carbocycles. The molecule has 0 aromatic heterocycles. The van der Waals surface area contributed by atoms with E-state index in [0.717, 1.165) is 0 Å².